The summed E-state index contributed by atoms with van der Waals surface area (Å²) in [7, 11) is 0. The third-order valence-electron chi connectivity index (χ3n) is 5.56. The first-order valence-electron chi connectivity index (χ1n) is 10.1. The average molecular weight is 401 g/mol. The molecule has 2 heterocycles. The molecule has 1 saturated heterocycles. The highest BCUT2D eigenvalue weighted by atomic mass is 19.1. The highest BCUT2D eigenvalue weighted by Gasteiger charge is 2.32. The van der Waals surface area contributed by atoms with Crippen molar-refractivity contribution in [2.45, 2.75) is 24.9 Å². The Bertz CT molecular complexity index is 845. The minimum atomic E-state index is -0.613. The predicted molar refractivity (Wildman–Crippen MR) is 105 cm³/mol. The van der Waals surface area contributed by atoms with Crippen LogP contribution in [0.2, 0.25) is 0 Å². The van der Waals surface area contributed by atoms with Crippen LogP contribution in [-0.4, -0.2) is 50.6 Å². The van der Waals surface area contributed by atoms with Crippen LogP contribution >= 0.6 is 0 Å². The molecule has 29 heavy (non-hydrogen) atoms. The molecule has 1 saturated carbocycles. The molecule has 0 spiro atoms. The van der Waals surface area contributed by atoms with Crippen molar-refractivity contribution in [1.29, 1.82) is 0 Å². The number of hydrogen-bond donors (Lipinski definition) is 3. The fourth-order valence-electron chi connectivity index (χ4n) is 3.78. The lowest BCUT2D eigenvalue weighted by Crippen LogP contribution is -3.15. The van der Waals surface area contributed by atoms with E-state index < -0.39 is 11.8 Å². The molecular weight excluding hydrogens is 375 g/mol. The number of rotatable bonds is 6. The van der Waals surface area contributed by atoms with E-state index in [1.807, 2.05) is 23.1 Å². The number of carbonyl (C=O) groups is 2. The van der Waals surface area contributed by atoms with Gasteiger partial charge in [0.25, 0.3) is 0 Å². The van der Waals surface area contributed by atoms with Gasteiger partial charge in [-0.2, -0.15) is 0 Å². The summed E-state index contributed by atoms with van der Waals surface area (Å²) < 4.78 is 19.7. The first kappa shape index (κ1) is 19.4. The van der Waals surface area contributed by atoms with Gasteiger partial charge < -0.3 is 24.9 Å². The van der Waals surface area contributed by atoms with Crippen molar-refractivity contribution in [3.8, 4) is 0 Å². The molecule has 0 unspecified atom stereocenters. The van der Waals surface area contributed by atoms with Crippen molar-refractivity contribution >= 4 is 17.5 Å². The van der Waals surface area contributed by atoms with Gasteiger partial charge in [0.05, 0.1) is 44.7 Å². The van der Waals surface area contributed by atoms with Crippen molar-refractivity contribution in [3.05, 3.63) is 54.2 Å². The molecule has 8 heteroatoms. The number of benzene rings is 1. The zero-order valence-electron chi connectivity index (χ0n) is 16.2. The number of quaternary nitrogens is 1. The zero-order chi connectivity index (χ0) is 20.2. The van der Waals surface area contributed by atoms with E-state index in [0.29, 0.717) is 25.3 Å². The molecule has 0 radical (unpaired) electrons. The van der Waals surface area contributed by atoms with Gasteiger partial charge in [-0.25, -0.2) is 4.39 Å². The smallest absolute Gasteiger partial charge is 0.309 e. The number of para-hydroxylation sites is 1. The first-order valence-corrected chi connectivity index (χ1v) is 10.1. The Labute approximate surface area is 168 Å². The average Bonchev–Trinajstić information content (AvgIpc) is 3.38. The van der Waals surface area contributed by atoms with E-state index in [9.17, 15) is 14.0 Å². The number of hydrogen-bond acceptors (Lipinski definition) is 4. The van der Waals surface area contributed by atoms with E-state index in [2.05, 4.69) is 10.6 Å². The molecule has 2 amide bonds. The van der Waals surface area contributed by atoms with Crippen molar-refractivity contribution in [3.63, 3.8) is 0 Å². The van der Waals surface area contributed by atoms with Gasteiger partial charge in [0.15, 0.2) is 11.8 Å². The van der Waals surface area contributed by atoms with E-state index in [4.69, 9.17) is 4.42 Å². The second-order valence-electron chi connectivity index (χ2n) is 7.62. The van der Waals surface area contributed by atoms with Crippen molar-refractivity contribution in [2.75, 3.05) is 37.6 Å². The quantitative estimate of drug-likeness (QED) is 0.607. The van der Waals surface area contributed by atoms with Crippen LogP contribution in [0, 0.1) is 5.82 Å². The normalized spacial score (nSPS) is 18.3. The molecule has 154 valence electrons. The van der Waals surface area contributed by atoms with Crippen LogP contribution in [0.1, 0.15) is 24.6 Å². The fourth-order valence-corrected chi connectivity index (χ4v) is 3.78. The monoisotopic (exact) mass is 401 g/mol. The van der Waals surface area contributed by atoms with Crippen molar-refractivity contribution in [1.82, 2.24) is 10.6 Å². The van der Waals surface area contributed by atoms with Crippen molar-refractivity contribution in [2.24, 2.45) is 0 Å². The Morgan fingerprint density at radius 2 is 1.90 bits per heavy atom. The topological polar surface area (TPSA) is 79.0 Å². The largest absolute Gasteiger partial charge is 0.463 e. The van der Waals surface area contributed by atoms with Gasteiger partial charge in [0.1, 0.15) is 5.82 Å². The van der Waals surface area contributed by atoms with Crippen LogP contribution in [-0.2, 0) is 9.59 Å². The van der Waals surface area contributed by atoms with E-state index >= 15 is 0 Å². The number of amides is 2. The van der Waals surface area contributed by atoms with Gasteiger partial charge in [0.2, 0.25) is 0 Å². The summed E-state index contributed by atoms with van der Waals surface area (Å²) in [5, 5.41) is 5.45. The number of halogens is 1. The Morgan fingerprint density at radius 3 is 2.55 bits per heavy atom. The Morgan fingerprint density at radius 1 is 1.14 bits per heavy atom. The van der Waals surface area contributed by atoms with Gasteiger partial charge in [-0.1, -0.05) is 12.1 Å². The second kappa shape index (κ2) is 8.65. The Hall–Kier alpha value is -2.87. The molecule has 2 fully saturated rings. The molecule has 2 aromatic rings. The van der Waals surface area contributed by atoms with Crippen LogP contribution in [0.3, 0.4) is 0 Å². The van der Waals surface area contributed by atoms with Crippen molar-refractivity contribution < 1.29 is 23.3 Å². The second-order valence-corrected chi connectivity index (χ2v) is 7.62. The third kappa shape index (κ3) is 4.76. The number of carbonyl (C=O) groups excluding carboxylic acids is 2. The molecule has 1 aromatic carbocycles. The van der Waals surface area contributed by atoms with Crippen LogP contribution in [0.25, 0.3) is 0 Å². The molecular formula is C21H26FN4O3+. The summed E-state index contributed by atoms with van der Waals surface area (Å²) in [4.78, 5) is 27.3. The zero-order valence-corrected chi connectivity index (χ0v) is 16.2. The minimum Gasteiger partial charge on any atom is -0.463 e. The van der Waals surface area contributed by atoms with Gasteiger partial charge in [-0.15, -0.1) is 0 Å². The van der Waals surface area contributed by atoms with E-state index in [1.165, 1.54) is 11.0 Å². The summed E-state index contributed by atoms with van der Waals surface area (Å²) >= 11 is 0. The van der Waals surface area contributed by atoms with Gasteiger partial charge in [-0.05, 0) is 37.1 Å². The molecule has 2 aliphatic rings. The van der Waals surface area contributed by atoms with E-state index in [1.54, 1.807) is 18.4 Å². The maximum absolute atomic E-state index is 14.1. The summed E-state index contributed by atoms with van der Waals surface area (Å²) in [6.45, 7) is 3.24. The lowest BCUT2D eigenvalue weighted by atomic mass is 10.1. The Kier molecular flexibility index (Phi) is 5.80. The minimum absolute atomic E-state index is 0.106. The Balaban J connectivity index is 1.37. The summed E-state index contributed by atoms with van der Waals surface area (Å²) in [5.41, 5.74) is 0.617. The summed E-state index contributed by atoms with van der Waals surface area (Å²) in [6.07, 6.45) is 3.48. The third-order valence-corrected chi connectivity index (χ3v) is 5.56. The lowest BCUT2D eigenvalue weighted by molar-refractivity contribution is -0.932. The van der Waals surface area contributed by atoms with Crippen LogP contribution in [0.5, 0.6) is 0 Å². The maximum atomic E-state index is 14.1. The molecule has 1 aliphatic carbocycles. The van der Waals surface area contributed by atoms with E-state index in [-0.39, 0.29) is 17.9 Å². The van der Waals surface area contributed by atoms with Crippen LogP contribution in [0.15, 0.2) is 47.1 Å². The van der Waals surface area contributed by atoms with Gasteiger partial charge in [-0.3, -0.25) is 9.59 Å². The number of anilines is 1. The molecule has 1 aliphatic heterocycles. The van der Waals surface area contributed by atoms with Crippen LogP contribution < -0.4 is 20.4 Å². The van der Waals surface area contributed by atoms with E-state index in [0.717, 1.165) is 31.7 Å². The molecule has 7 nitrogen and oxygen atoms in total. The highest BCUT2D eigenvalue weighted by Crippen LogP contribution is 2.19. The molecule has 0 bridgehead atoms. The summed E-state index contributed by atoms with van der Waals surface area (Å²) in [6, 6.07) is 10.5. The standard InChI is InChI=1S/C21H25FN4O3/c22-16-4-1-2-5-17(16)25-9-11-26(12-10-25)18(19-6-3-13-29-19)14-23-20(27)21(28)24-15-7-8-15/h1-6,13,15,18H,7-12,14H2,(H,23,27)(H,24,28)/p+1/t18-/m0/s1. The molecule has 1 atom stereocenters. The molecule has 4 rings (SSSR count). The molecule has 3 N–H and O–H groups in total. The highest BCUT2D eigenvalue weighted by molar-refractivity contribution is 6.35. The van der Waals surface area contributed by atoms with Gasteiger partial charge in [0, 0.05) is 6.04 Å². The number of nitrogens with one attached hydrogen (secondary N) is 3. The maximum Gasteiger partial charge on any atom is 0.309 e. The first-order chi connectivity index (χ1) is 14.1. The lowest BCUT2D eigenvalue weighted by Gasteiger charge is -2.37. The number of furan rings is 1. The fraction of sp³-hybridized carbons (Fsp3) is 0.429. The number of nitrogens with zero attached hydrogens (tertiary/aromatic N) is 1. The van der Waals surface area contributed by atoms with Crippen LogP contribution in [0.4, 0.5) is 10.1 Å². The predicted octanol–water partition coefficient (Wildman–Crippen LogP) is 0.260. The number of piperazine rings is 1. The SMILES string of the molecule is O=C(NC[C@@H](c1ccco1)[NH+]1CCN(c2ccccc2F)CC1)C(=O)NC1CC1. The molecule has 1 aromatic heterocycles. The van der Waals surface area contributed by atoms with Gasteiger partial charge >= 0.3 is 11.8 Å². The summed E-state index contributed by atoms with van der Waals surface area (Å²) in [5.74, 6) is -0.641.